The van der Waals surface area contributed by atoms with E-state index in [9.17, 15) is 4.79 Å². The van der Waals surface area contributed by atoms with Gasteiger partial charge in [-0.2, -0.15) is 0 Å². The molecule has 20 heavy (non-hydrogen) atoms. The third-order valence-corrected chi connectivity index (χ3v) is 3.19. The first kappa shape index (κ1) is 12.5. The fraction of sp³-hybridized carbons (Fsp3) is 0.188. The van der Waals surface area contributed by atoms with Gasteiger partial charge in [-0.15, -0.1) is 0 Å². The molecule has 0 saturated carbocycles. The Kier molecular flexibility index (Phi) is 3.29. The van der Waals surface area contributed by atoms with Gasteiger partial charge in [-0.05, 0) is 18.6 Å². The zero-order valence-corrected chi connectivity index (χ0v) is 11.3. The van der Waals surface area contributed by atoms with Crippen LogP contribution in [-0.2, 0) is 6.42 Å². The predicted octanol–water partition coefficient (Wildman–Crippen LogP) is 2.94. The molecule has 0 radical (unpaired) electrons. The average molecular weight is 265 g/mol. The summed E-state index contributed by atoms with van der Waals surface area (Å²) in [7, 11) is 0. The fourth-order valence-electron chi connectivity index (χ4n) is 2.32. The Morgan fingerprint density at radius 2 is 2.05 bits per heavy atom. The number of hydrogen-bond acceptors (Lipinski definition) is 3. The highest BCUT2D eigenvalue weighted by atomic mass is 16.1. The van der Waals surface area contributed by atoms with Crippen LogP contribution in [0, 0.1) is 0 Å². The van der Waals surface area contributed by atoms with Crippen LogP contribution in [0.1, 0.15) is 19.0 Å². The molecule has 0 bridgehead atoms. The molecule has 0 atom stereocenters. The summed E-state index contributed by atoms with van der Waals surface area (Å²) >= 11 is 0. The van der Waals surface area contributed by atoms with E-state index in [2.05, 4.69) is 21.9 Å². The van der Waals surface area contributed by atoms with Crippen LogP contribution in [0.15, 0.2) is 47.4 Å². The van der Waals surface area contributed by atoms with E-state index in [1.54, 1.807) is 12.3 Å². The molecular formula is C16H15N3O. The van der Waals surface area contributed by atoms with Gasteiger partial charge in [-0.25, -0.2) is 4.98 Å². The van der Waals surface area contributed by atoms with Crippen molar-refractivity contribution in [1.82, 2.24) is 15.0 Å². The number of pyridine rings is 1. The fourth-order valence-corrected chi connectivity index (χ4v) is 2.32. The van der Waals surface area contributed by atoms with E-state index in [1.807, 2.05) is 30.3 Å². The molecule has 0 fully saturated rings. The van der Waals surface area contributed by atoms with Gasteiger partial charge >= 0.3 is 0 Å². The molecule has 2 heterocycles. The van der Waals surface area contributed by atoms with Crippen LogP contribution in [-0.4, -0.2) is 15.0 Å². The molecule has 1 aromatic carbocycles. The molecule has 3 rings (SSSR count). The number of aryl methyl sites for hydroxylation is 1. The maximum atomic E-state index is 11.8. The van der Waals surface area contributed by atoms with E-state index in [0.29, 0.717) is 5.82 Å². The topological polar surface area (TPSA) is 58.6 Å². The molecule has 0 amide bonds. The summed E-state index contributed by atoms with van der Waals surface area (Å²) < 4.78 is 0. The highest BCUT2D eigenvalue weighted by Gasteiger charge is 2.08. The maximum Gasteiger partial charge on any atom is 0.251 e. The van der Waals surface area contributed by atoms with Crippen LogP contribution in [0.25, 0.3) is 22.3 Å². The van der Waals surface area contributed by atoms with E-state index in [4.69, 9.17) is 0 Å². The van der Waals surface area contributed by atoms with Crippen LogP contribution >= 0.6 is 0 Å². The van der Waals surface area contributed by atoms with Gasteiger partial charge in [0.05, 0.1) is 5.52 Å². The lowest BCUT2D eigenvalue weighted by Crippen LogP contribution is -2.10. The van der Waals surface area contributed by atoms with Gasteiger partial charge < -0.3 is 4.98 Å². The SMILES string of the molecule is CCCc1cc(=O)[nH]c(-c2cccc3cccnc23)n1. The Labute approximate surface area is 116 Å². The summed E-state index contributed by atoms with van der Waals surface area (Å²) in [6, 6.07) is 11.3. The van der Waals surface area contributed by atoms with Crippen molar-refractivity contribution >= 4 is 10.9 Å². The number of hydrogen-bond donors (Lipinski definition) is 1. The van der Waals surface area contributed by atoms with Crippen LogP contribution < -0.4 is 5.56 Å². The number of para-hydroxylation sites is 1. The molecule has 1 N–H and O–H groups in total. The highest BCUT2D eigenvalue weighted by Crippen LogP contribution is 2.23. The Hall–Kier alpha value is -2.49. The van der Waals surface area contributed by atoms with Crippen molar-refractivity contribution in [1.29, 1.82) is 0 Å². The van der Waals surface area contributed by atoms with Crippen molar-refractivity contribution in [3.8, 4) is 11.4 Å². The van der Waals surface area contributed by atoms with Gasteiger partial charge in [0, 0.05) is 28.9 Å². The van der Waals surface area contributed by atoms with E-state index >= 15 is 0 Å². The van der Waals surface area contributed by atoms with Crippen molar-refractivity contribution in [3.05, 3.63) is 58.6 Å². The summed E-state index contributed by atoms with van der Waals surface area (Å²) in [5.74, 6) is 0.588. The number of benzene rings is 1. The maximum absolute atomic E-state index is 11.8. The van der Waals surface area contributed by atoms with Crippen molar-refractivity contribution in [2.24, 2.45) is 0 Å². The lowest BCUT2D eigenvalue weighted by atomic mass is 10.1. The van der Waals surface area contributed by atoms with Crippen LogP contribution in [0.3, 0.4) is 0 Å². The summed E-state index contributed by atoms with van der Waals surface area (Å²) in [5, 5.41) is 1.04. The normalized spacial score (nSPS) is 10.8. The average Bonchev–Trinajstić information content (AvgIpc) is 2.46. The molecule has 4 nitrogen and oxygen atoms in total. The number of rotatable bonds is 3. The van der Waals surface area contributed by atoms with Gasteiger partial charge in [-0.3, -0.25) is 9.78 Å². The quantitative estimate of drug-likeness (QED) is 0.792. The van der Waals surface area contributed by atoms with Crippen LogP contribution in [0.5, 0.6) is 0 Å². The summed E-state index contributed by atoms with van der Waals surface area (Å²) in [6.07, 6.45) is 3.51. The predicted molar refractivity (Wildman–Crippen MR) is 79.6 cm³/mol. The molecule has 0 spiro atoms. The largest absolute Gasteiger partial charge is 0.306 e. The minimum atomic E-state index is -0.119. The summed E-state index contributed by atoms with van der Waals surface area (Å²) in [4.78, 5) is 23.5. The molecule has 0 aliphatic rings. The number of nitrogens with one attached hydrogen (secondary N) is 1. The highest BCUT2D eigenvalue weighted by molar-refractivity contribution is 5.91. The van der Waals surface area contributed by atoms with Crippen molar-refractivity contribution in [3.63, 3.8) is 0 Å². The molecule has 3 aromatic rings. The number of aromatic nitrogens is 3. The molecule has 100 valence electrons. The Morgan fingerprint density at radius 1 is 1.20 bits per heavy atom. The standard InChI is InChI=1S/C16H15N3O/c1-2-5-12-10-14(20)19-16(18-12)13-8-3-6-11-7-4-9-17-15(11)13/h3-4,6-10H,2,5H2,1H3,(H,18,19,20). The van der Waals surface area contributed by atoms with Crippen molar-refractivity contribution in [2.45, 2.75) is 19.8 Å². The molecule has 2 aromatic heterocycles. The van der Waals surface area contributed by atoms with Gasteiger partial charge in [0.2, 0.25) is 0 Å². The first-order chi connectivity index (χ1) is 9.78. The molecule has 0 saturated heterocycles. The number of fused-ring (bicyclic) bond motifs is 1. The summed E-state index contributed by atoms with van der Waals surface area (Å²) in [5.41, 5.74) is 2.41. The second-order valence-corrected chi connectivity index (χ2v) is 4.72. The van der Waals surface area contributed by atoms with E-state index in [1.165, 1.54) is 0 Å². The number of H-pyrrole nitrogens is 1. The zero-order valence-electron chi connectivity index (χ0n) is 11.3. The van der Waals surface area contributed by atoms with Gasteiger partial charge in [0.15, 0.2) is 0 Å². The first-order valence-electron chi connectivity index (χ1n) is 6.72. The first-order valence-corrected chi connectivity index (χ1v) is 6.72. The Morgan fingerprint density at radius 3 is 2.90 bits per heavy atom. The second-order valence-electron chi connectivity index (χ2n) is 4.72. The molecular weight excluding hydrogens is 250 g/mol. The smallest absolute Gasteiger partial charge is 0.251 e. The minimum absolute atomic E-state index is 0.119. The monoisotopic (exact) mass is 265 g/mol. The third-order valence-electron chi connectivity index (χ3n) is 3.19. The summed E-state index contributed by atoms with van der Waals surface area (Å²) in [6.45, 7) is 2.07. The van der Waals surface area contributed by atoms with Crippen molar-refractivity contribution < 1.29 is 0 Å². The molecule has 0 aliphatic heterocycles. The van der Waals surface area contributed by atoms with Crippen LogP contribution in [0.4, 0.5) is 0 Å². The third kappa shape index (κ3) is 2.32. The van der Waals surface area contributed by atoms with E-state index in [0.717, 1.165) is 35.0 Å². The molecule has 0 unspecified atom stereocenters. The van der Waals surface area contributed by atoms with Gasteiger partial charge in [-0.1, -0.05) is 31.5 Å². The minimum Gasteiger partial charge on any atom is -0.306 e. The molecule has 4 heteroatoms. The number of nitrogens with zero attached hydrogens (tertiary/aromatic N) is 2. The molecule has 0 aliphatic carbocycles. The van der Waals surface area contributed by atoms with E-state index in [-0.39, 0.29) is 5.56 Å². The van der Waals surface area contributed by atoms with Gasteiger partial charge in [0.25, 0.3) is 5.56 Å². The van der Waals surface area contributed by atoms with Crippen LogP contribution in [0.2, 0.25) is 0 Å². The Balaban J connectivity index is 2.23. The lowest BCUT2D eigenvalue weighted by molar-refractivity contribution is 0.870. The van der Waals surface area contributed by atoms with Crippen molar-refractivity contribution in [2.75, 3.05) is 0 Å². The van der Waals surface area contributed by atoms with E-state index < -0.39 is 0 Å². The second kappa shape index (κ2) is 5.25. The lowest BCUT2D eigenvalue weighted by Gasteiger charge is -2.06. The Bertz CT molecular complexity index is 803. The zero-order chi connectivity index (χ0) is 13.9. The number of aromatic amines is 1. The van der Waals surface area contributed by atoms with Gasteiger partial charge in [0.1, 0.15) is 5.82 Å².